The fourth-order valence-electron chi connectivity index (χ4n) is 1.97. The van der Waals surface area contributed by atoms with Crippen molar-refractivity contribution in [3.05, 3.63) is 46.0 Å². The molecule has 2 aromatic heterocycles. The molecular weight excluding hydrogens is 522 g/mol. The Morgan fingerprint density at radius 1 is 0.742 bits per heavy atom. The summed E-state index contributed by atoms with van der Waals surface area (Å²) < 4.78 is 0. The molecule has 2 aromatic rings. The monoisotopic (exact) mass is 544 g/mol. The summed E-state index contributed by atoms with van der Waals surface area (Å²) in [5.74, 6) is -0.156. The van der Waals surface area contributed by atoms with Crippen molar-refractivity contribution in [2.75, 3.05) is 0 Å². The number of hydrogen-bond acceptors (Lipinski definition) is 8. The van der Waals surface area contributed by atoms with Crippen LogP contribution in [-0.2, 0) is 26.4 Å². The number of aliphatic hydroxyl groups excluding tert-OH is 2. The number of pyridine rings is 2. The average molecular weight is 546 g/mol. The maximum Gasteiger partial charge on any atom is 2.00 e. The summed E-state index contributed by atoms with van der Waals surface area (Å²) in [6.07, 6.45) is 2.77. The van der Waals surface area contributed by atoms with Crippen LogP contribution in [0.4, 0.5) is 0 Å². The molecule has 8 N–H and O–H groups in total. The van der Waals surface area contributed by atoms with E-state index in [1.165, 1.54) is 12.4 Å². The zero-order chi connectivity index (χ0) is 18.3. The molecule has 0 saturated carbocycles. The summed E-state index contributed by atoms with van der Waals surface area (Å²) in [4.78, 5) is 7.59. The molecule has 0 bridgehead atoms. The topological polar surface area (TPSA) is 216 Å². The van der Waals surface area contributed by atoms with Gasteiger partial charge in [0, 0.05) is 23.5 Å². The zero-order valence-electron chi connectivity index (χ0n) is 17.9. The van der Waals surface area contributed by atoms with E-state index >= 15 is 0 Å². The quantitative estimate of drug-likeness (QED) is 0.270. The third-order valence-electron chi connectivity index (χ3n) is 3.49. The van der Waals surface area contributed by atoms with Crippen LogP contribution in [0, 0.1) is 13.8 Å². The average Bonchev–Trinajstić information content (AvgIpc) is 2.59. The van der Waals surface area contributed by atoms with Gasteiger partial charge in [0.05, 0.1) is 24.6 Å². The number of nitrogens with zero attached hydrogens (tertiary/aromatic N) is 2. The van der Waals surface area contributed by atoms with Gasteiger partial charge >= 0.3 is 126 Å². The van der Waals surface area contributed by atoms with Gasteiger partial charge in [0.25, 0.3) is 0 Å². The minimum atomic E-state index is -0.475. The molecule has 2 heterocycles. The summed E-state index contributed by atoms with van der Waals surface area (Å²) in [5, 5.41) is 57.4. The molecule has 0 aromatic carbocycles. The van der Waals surface area contributed by atoms with Crippen LogP contribution < -0.4 is 138 Å². The van der Waals surface area contributed by atoms with Crippen LogP contribution in [0.5, 0.6) is 11.5 Å². The number of aromatic hydroxyl groups is 2. The summed E-state index contributed by atoms with van der Waals surface area (Å²) in [5.41, 5.74) is 2.13. The van der Waals surface area contributed by atoms with Crippen LogP contribution in [0.2, 0.25) is 0 Å². The number of halogens is 2. The minimum absolute atomic E-state index is 0. The minimum Gasteiger partial charge on any atom is -1.00 e. The van der Waals surface area contributed by atoms with Gasteiger partial charge < -0.3 is 66.4 Å². The molecule has 164 valence electrons. The predicted octanol–water partition coefficient (Wildman–Crippen LogP) is -15.1. The fourth-order valence-corrected chi connectivity index (χ4v) is 1.97. The summed E-state index contributed by atoms with van der Waals surface area (Å²) in [6.45, 7) is 1.62. The first-order chi connectivity index (χ1) is 11.4. The zero-order valence-corrected chi connectivity index (χ0v) is 27.1. The SMILES string of the molecule is Cc1ncc(C[O-])c(CO)c1O.Cc1ncc(C[O-])c(CO)c1O.O.O.[Cl-].[Cl-].[K+].[K+].[Mg+2]. The van der Waals surface area contributed by atoms with Gasteiger partial charge in [-0.2, -0.15) is 0 Å². The molecule has 15 heteroatoms. The summed E-state index contributed by atoms with van der Waals surface area (Å²) >= 11 is 0. The van der Waals surface area contributed by atoms with E-state index in [2.05, 4.69) is 9.97 Å². The molecule has 0 aliphatic carbocycles. The third-order valence-corrected chi connectivity index (χ3v) is 3.49. The van der Waals surface area contributed by atoms with Gasteiger partial charge in [-0.3, -0.25) is 9.97 Å². The molecule has 0 radical (unpaired) electrons. The van der Waals surface area contributed by atoms with Gasteiger partial charge in [0.2, 0.25) is 0 Å². The van der Waals surface area contributed by atoms with Crippen molar-refractivity contribution in [2.24, 2.45) is 0 Å². The molecule has 0 atom stereocenters. The number of aliphatic hydroxyl groups is 2. The third kappa shape index (κ3) is 15.1. The first-order valence-electron chi connectivity index (χ1n) is 7.11. The molecule has 0 spiro atoms. The molecule has 0 saturated heterocycles. The maximum absolute atomic E-state index is 10.5. The largest absolute Gasteiger partial charge is 2.00 e. The second-order valence-corrected chi connectivity index (χ2v) is 5.00. The summed E-state index contributed by atoms with van der Waals surface area (Å²) in [7, 11) is 0. The Morgan fingerprint density at radius 3 is 1.19 bits per heavy atom. The Kier molecular flexibility index (Phi) is 43.5. The standard InChI is InChI=1S/2C8H10NO3.2ClH.2K.Mg.2H2O/c2*1-5-8(12)7(4-11)6(3-10)2-9-5;;;;;;;/h2*2,11-12H,3-4H2,1H3;2*1H;;;;2*1H2/q2*-1;;;2*+1;+2;;/p-2. The van der Waals surface area contributed by atoms with Gasteiger partial charge in [0.15, 0.2) is 0 Å². The van der Waals surface area contributed by atoms with Crippen LogP contribution in [0.1, 0.15) is 33.6 Å². The van der Waals surface area contributed by atoms with E-state index in [4.69, 9.17) is 10.2 Å². The molecule has 10 nitrogen and oxygen atoms in total. The van der Waals surface area contributed by atoms with Crippen molar-refractivity contribution in [2.45, 2.75) is 40.3 Å². The fraction of sp³-hybridized carbons (Fsp3) is 0.375. The Bertz CT molecular complexity index is 662. The van der Waals surface area contributed by atoms with E-state index in [1.54, 1.807) is 13.8 Å². The molecule has 0 fully saturated rings. The molecular formula is C16H24Cl2K2MgN2O8. The molecule has 31 heavy (non-hydrogen) atoms. The van der Waals surface area contributed by atoms with Gasteiger partial charge in [-0.1, -0.05) is 0 Å². The van der Waals surface area contributed by atoms with Gasteiger partial charge in [0.1, 0.15) is 11.5 Å². The number of aryl methyl sites for hydroxylation is 2. The van der Waals surface area contributed by atoms with Crippen molar-refractivity contribution in [3.8, 4) is 11.5 Å². The Morgan fingerprint density at radius 2 is 1.00 bits per heavy atom. The number of aromatic nitrogens is 2. The molecule has 0 amide bonds. The van der Waals surface area contributed by atoms with Crippen molar-refractivity contribution in [1.82, 2.24) is 9.97 Å². The van der Waals surface area contributed by atoms with Gasteiger partial charge in [-0.05, 0) is 25.0 Å². The van der Waals surface area contributed by atoms with Gasteiger partial charge in [-0.25, -0.2) is 0 Å². The van der Waals surface area contributed by atoms with E-state index in [0.29, 0.717) is 22.5 Å². The number of rotatable bonds is 4. The predicted molar refractivity (Wildman–Crippen MR) is 93.5 cm³/mol. The van der Waals surface area contributed by atoms with Crippen LogP contribution in [0.25, 0.3) is 0 Å². The van der Waals surface area contributed by atoms with Crippen LogP contribution >= 0.6 is 0 Å². The van der Waals surface area contributed by atoms with Gasteiger partial charge in [-0.15, -0.1) is 13.2 Å². The smallest absolute Gasteiger partial charge is 1.00 e. The first-order valence-corrected chi connectivity index (χ1v) is 7.11. The molecule has 2 rings (SSSR count). The number of hydrogen-bond donors (Lipinski definition) is 4. The second-order valence-electron chi connectivity index (χ2n) is 5.00. The second kappa shape index (κ2) is 26.9. The van der Waals surface area contributed by atoms with E-state index in [0.717, 1.165) is 0 Å². The Balaban J connectivity index is -0.0000000606. The van der Waals surface area contributed by atoms with E-state index < -0.39 is 13.2 Å². The normalized spacial score (nSPS) is 7.94. The first kappa shape index (κ1) is 50.2. The van der Waals surface area contributed by atoms with Crippen LogP contribution in [0.15, 0.2) is 12.4 Å². The molecule has 0 aliphatic rings. The van der Waals surface area contributed by atoms with Crippen molar-refractivity contribution < 1.29 is 169 Å². The molecule has 0 unspecified atom stereocenters. The summed E-state index contributed by atoms with van der Waals surface area (Å²) in [6, 6.07) is 0. The van der Waals surface area contributed by atoms with Crippen molar-refractivity contribution >= 4 is 23.1 Å². The maximum atomic E-state index is 10.5. The van der Waals surface area contributed by atoms with Crippen LogP contribution in [-0.4, -0.2) is 64.4 Å². The van der Waals surface area contributed by atoms with E-state index in [1.807, 2.05) is 0 Å². The van der Waals surface area contributed by atoms with E-state index in [9.17, 15) is 20.4 Å². The molecule has 0 aliphatic heterocycles. The van der Waals surface area contributed by atoms with Crippen LogP contribution in [0.3, 0.4) is 0 Å². The Hall–Kier alpha value is 2.28. The Labute approximate surface area is 294 Å². The van der Waals surface area contributed by atoms with Crippen molar-refractivity contribution in [3.63, 3.8) is 0 Å². The van der Waals surface area contributed by atoms with E-state index in [-0.39, 0.29) is 197 Å². The van der Waals surface area contributed by atoms with Crippen molar-refractivity contribution in [1.29, 1.82) is 0 Å².